The molecule has 1 heterocycles. The summed E-state index contributed by atoms with van der Waals surface area (Å²) in [6, 6.07) is 3.82. The molecule has 1 fully saturated rings. The van der Waals surface area contributed by atoms with Crippen molar-refractivity contribution in [1.29, 1.82) is 0 Å². The van der Waals surface area contributed by atoms with Crippen molar-refractivity contribution in [2.45, 2.75) is 51.6 Å². The maximum atomic E-state index is 9.79. The van der Waals surface area contributed by atoms with E-state index in [1.54, 1.807) is 12.1 Å². The van der Waals surface area contributed by atoms with E-state index >= 15 is 0 Å². The molecular weight excluding hydrogens is 240 g/mol. The lowest BCUT2D eigenvalue weighted by atomic mass is 9.95. The highest BCUT2D eigenvalue weighted by Crippen LogP contribution is 2.24. The van der Waals surface area contributed by atoms with Gasteiger partial charge in [0, 0.05) is 24.9 Å². The van der Waals surface area contributed by atoms with Crippen molar-refractivity contribution in [1.82, 2.24) is 10.3 Å². The van der Waals surface area contributed by atoms with Crippen LogP contribution in [0.25, 0.3) is 0 Å². The van der Waals surface area contributed by atoms with Gasteiger partial charge in [-0.25, -0.2) is 0 Å². The van der Waals surface area contributed by atoms with Crippen molar-refractivity contribution in [2.75, 3.05) is 6.61 Å². The van der Waals surface area contributed by atoms with Crippen molar-refractivity contribution in [3.63, 3.8) is 0 Å². The fourth-order valence-electron chi connectivity index (χ4n) is 2.83. The maximum absolute atomic E-state index is 9.79. The van der Waals surface area contributed by atoms with Crippen LogP contribution in [-0.2, 0) is 6.54 Å². The first-order valence-corrected chi connectivity index (χ1v) is 7.20. The zero-order valence-electron chi connectivity index (χ0n) is 11.6. The van der Waals surface area contributed by atoms with Gasteiger partial charge in [-0.1, -0.05) is 19.3 Å². The van der Waals surface area contributed by atoms with Crippen LogP contribution >= 0.6 is 0 Å². The second-order valence-corrected chi connectivity index (χ2v) is 5.49. The van der Waals surface area contributed by atoms with Gasteiger partial charge >= 0.3 is 0 Å². The van der Waals surface area contributed by atoms with E-state index in [9.17, 15) is 10.2 Å². The quantitative estimate of drug-likeness (QED) is 0.729. The number of rotatable bonds is 4. The molecule has 0 aliphatic heterocycles. The molecule has 0 spiro atoms. The smallest absolute Gasteiger partial charge is 0.138 e. The highest BCUT2D eigenvalue weighted by atomic mass is 16.3. The van der Waals surface area contributed by atoms with Crippen LogP contribution in [0.5, 0.6) is 5.75 Å². The summed E-state index contributed by atoms with van der Waals surface area (Å²) < 4.78 is 0. The summed E-state index contributed by atoms with van der Waals surface area (Å²) in [6.45, 7) is 2.73. The normalized spacial score (nSPS) is 24.1. The Balaban J connectivity index is 1.97. The van der Waals surface area contributed by atoms with E-state index in [0.717, 1.165) is 18.5 Å². The Kier molecular flexibility index (Phi) is 5.16. The third-order valence-corrected chi connectivity index (χ3v) is 4.01. The Morgan fingerprint density at radius 1 is 1.26 bits per heavy atom. The van der Waals surface area contributed by atoms with Crippen LogP contribution in [0.3, 0.4) is 0 Å². The summed E-state index contributed by atoms with van der Waals surface area (Å²) >= 11 is 0. The van der Waals surface area contributed by atoms with Crippen LogP contribution in [0.2, 0.25) is 0 Å². The number of aliphatic hydroxyl groups is 1. The van der Waals surface area contributed by atoms with Gasteiger partial charge in [0.1, 0.15) is 5.75 Å². The Bertz CT molecular complexity index is 409. The minimum absolute atomic E-state index is 0.241. The van der Waals surface area contributed by atoms with Crippen LogP contribution in [-0.4, -0.2) is 27.8 Å². The molecule has 1 aromatic heterocycles. The number of hydrogen-bond acceptors (Lipinski definition) is 4. The van der Waals surface area contributed by atoms with Crippen molar-refractivity contribution in [2.24, 2.45) is 5.92 Å². The van der Waals surface area contributed by atoms with Crippen LogP contribution in [0.1, 0.15) is 43.5 Å². The van der Waals surface area contributed by atoms with Gasteiger partial charge in [-0.05, 0) is 37.8 Å². The topological polar surface area (TPSA) is 65.4 Å². The van der Waals surface area contributed by atoms with Crippen molar-refractivity contribution >= 4 is 0 Å². The van der Waals surface area contributed by atoms with E-state index < -0.39 is 0 Å². The van der Waals surface area contributed by atoms with Gasteiger partial charge in [-0.3, -0.25) is 4.98 Å². The molecule has 4 nitrogen and oxygen atoms in total. The first-order chi connectivity index (χ1) is 9.20. The van der Waals surface area contributed by atoms with E-state index in [0.29, 0.717) is 24.2 Å². The summed E-state index contributed by atoms with van der Waals surface area (Å²) in [5.74, 6) is 0.571. The zero-order chi connectivity index (χ0) is 13.7. The lowest BCUT2D eigenvalue weighted by Crippen LogP contribution is -2.37. The molecule has 2 unspecified atom stereocenters. The summed E-state index contributed by atoms with van der Waals surface area (Å²) in [5, 5.41) is 22.7. The number of nitrogens with zero attached hydrogens (tertiary/aromatic N) is 1. The molecule has 0 saturated heterocycles. The summed E-state index contributed by atoms with van der Waals surface area (Å²) in [4.78, 5) is 4.36. The molecule has 4 heteroatoms. The highest BCUT2D eigenvalue weighted by molar-refractivity contribution is 5.27. The predicted molar refractivity (Wildman–Crippen MR) is 74.9 cm³/mol. The number of pyridine rings is 1. The number of hydrogen-bond donors (Lipinski definition) is 3. The molecule has 1 aromatic rings. The van der Waals surface area contributed by atoms with Gasteiger partial charge < -0.3 is 15.5 Å². The Hall–Kier alpha value is -1.13. The molecule has 2 atom stereocenters. The van der Waals surface area contributed by atoms with Gasteiger partial charge in [-0.2, -0.15) is 0 Å². The van der Waals surface area contributed by atoms with Crippen LogP contribution in [0.4, 0.5) is 0 Å². The SMILES string of the molecule is Cc1ccc(O)c(CNC2CCCCCC2CO)n1. The first-order valence-electron chi connectivity index (χ1n) is 7.20. The molecule has 0 amide bonds. The molecule has 0 radical (unpaired) electrons. The van der Waals surface area contributed by atoms with Gasteiger partial charge in [0.05, 0.1) is 5.69 Å². The number of aliphatic hydroxyl groups excluding tert-OH is 1. The van der Waals surface area contributed by atoms with E-state index in [1.165, 1.54) is 19.3 Å². The lowest BCUT2D eigenvalue weighted by molar-refractivity contribution is 0.180. The molecule has 0 aromatic carbocycles. The van der Waals surface area contributed by atoms with Gasteiger partial charge in [0.15, 0.2) is 0 Å². The third-order valence-electron chi connectivity index (χ3n) is 4.01. The monoisotopic (exact) mass is 264 g/mol. The first kappa shape index (κ1) is 14.3. The standard InChI is InChI=1S/C15H24N2O2/c1-11-7-8-15(19)14(17-11)9-16-13-6-4-2-3-5-12(13)10-18/h7-8,12-13,16,18-19H,2-6,9-10H2,1H3. The Labute approximate surface area is 114 Å². The minimum Gasteiger partial charge on any atom is -0.506 e. The Morgan fingerprint density at radius 3 is 2.84 bits per heavy atom. The number of nitrogens with one attached hydrogen (secondary N) is 1. The maximum Gasteiger partial charge on any atom is 0.138 e. The lowest BCUT2D eigenvalue weighted by Gasteiger charge is -2.24. The summed E-state index contributed by atoms with van der Waals surface area (Å²) in [7, 11) is 0. The number of aromatic nitrogens is 1. The van der Waals surface area contributed by atoms with E-state index in [-0.39, 0.29) is 12.4 Å². The Morgan fingerprint density at radius 2 is 2.05 bits per heavy atom. The largest absolute Gasteiger partial charge is 0.506 e. The van der Waals surface area contributed by atoms with Crippen LogP contribution in [0.15, 0.2) is 12.1 Å². The molecular formula is C15H24N2O2. The molecule has 0 bridgehead atoms. The molecule has 1 aliphatic rings. The average molecular weight is 264 g/mol. The third kappa shape index (κ3) is 3.91. The fraction of sp³-hybridized carbons (Fsp3) is 0.667. The van der Waals surface area contributed by atoms with Crippen molar-refractivity contribution in [3.8, 4) is 5.75 Å². The molecule has 3 N–H and O–H groups in total. The molecule has 19 heavy (non-hydrogen) atoms. The van der Waals surface area contributed by atoms with E-state index in [4.69, 9.17) is 0 Å². The van der Waals surface area contributed by atoms with Crippen molar-refractivity contribution < 1.29 is 10.2 Å². The van der Waals surface area contributed by atoms with Crippen LogP contribution < -0.4 is 5.32 Å². The molecule has 2 rings (SSSR count). The molecule has 106 valence electrons. The highest BCUT2D eigenvalue weighted by Gasteiger charge is 2.22. The van der Waals surface area contributed by atoms with Gasteiger partial charge in [0.2, 0.25) is 0 Å². The molecule has 1 aliphatic carbocycles. The van der Waals surface area contributed by atoms with Gasteiger partial charge in [0.25, 0.3) is 0 Å². The minimum atomic E-state index is 0.241. The summed E-state index contributed by atoms with van der Waals surface area (Å²) in [5.41, 5.74) is 1.61. The van der Waals surface area contributed by atoms with E-state index in [1.807, 2.05) is 6.92 Å². The number of aryl methyl sites for hydroxylation is 1. The zero-order valence-corrected chi connectivity index (χ0v) is 11.6. The second kappa shape index (κ2) is 6.87. The number of aromatic hydroxyl groups is 1. The van der Waals surface area contributed by atoms with Crippen molar-refractivity contribution in [3.05, 3.63) is 23.5 Å². The van der Waals surface area contributed by atoms with Gasteiger partial charge in [-0.15, -0.1) is 0 Å². The van der Waals surface area contributed by atoms with E-state index in [2.05, 4.69) is 10.3 Å². The predicted octanol–water partition coefficient (Wildman–Crippen LogP) is 2.13. The average Bonchev–Trinajstić information content (AvgIpc) is 2.64. The summed E-state index contributed by atoms with van der Waals surface area (Å²) in [6.07, 6.45) is 5.85. The second-order valence-electron chi connectivity index (χ2n) is 5.49. The fourth-order valence-corrected chi connectivity index (χ4v) is 2.83. The molecule has 1 saturated carbocycles. The van der Waals surface area contributed by atoms with Crippen LogP contribution in [0, 0.1) is 12.8 Å².